The summed E-state index contributed by atoms with van der Waals surface area (Å²) in [7, 11) is 0. The Kier molecular flexibility index (Phi) is 3.58. The fourth-order valence-electron chi connectivity index (χ4n) is 1.61. The molecular formula is C12H10F4N2S. The summed E-state index contributed by atoms with van der Waals surface area (Å²) in [6, 6.07) is 1.20. The summed E-state index contributed by atoms with van der Waals surface area (Å²) in [5, 5.41) is 0.343. The molecule has 0 saturated heterocycles. The third kappa shape index (κ3) is 2.91. The first kappa shape index (κ1) is 13.9. The summed E-state index contributed by atoms with van der Waals surface area (Å²) in [4.78, 5) is 7.88. The molecular weight excluding hydrogens is 280 g/mol. The minimum atomic E-state index is -4.31. The van der Waals surface area contributed by atoms with Gasteiger partial charge in [0, 0.05) is 16.6 Å². The number of pyridine rings is 1. The smallest absolute Gasteiger partial charge is 0.261 e. The normalized spacial score (nSPS) is 13.6. The molecule has 2 aromatic heterocycles. The molecule has 2 rings (SSSR count). The van der Waals surface area contributed by atoms with Gasteiger partial charge in [0.05, 0.1) is 17.8 Å². The highest BCUT2D eigenvalue weighted by atomic mass is 32.1. The number of halogens is 4. The lowest BCUT2D eigenvalue weighted by molar-refractivity contribution is -0.145. The summed E-state index contributed by atoms with van der Waals surface area (Å²) in [6.45, 7) is 2.61. The average Bonchev–Trinajstić information content (AvgIpc) is 2.69. The van der Waals surface area contributed by atoms with E-state index in [4.69, 9.17) is 0 Å². The number of thiazole rings is 1. The van der Waals surface area contributed by atoms with E-state index in [0.717, 1.165) is 24.5 Å². The van der Waals surface area contributed by atoms with Gasteiger partial charge in [-0.2, -0.15) is 13.2 Å². The molecule has 0 aliphatic carbocycles. The quantitative estimate of drug-likeness (QED) is 0.770. The van der Waals surface area contributed by atoms with E-state index < -0.39 is 17.9 Å². The van der Waals surface area contributed by atoms with Crippen LogP contribution in [0.2, 0.25) is 0 Å². The van der Waals surface area contributed by atoms with E-state index in [1.54, 1.807) is 0 Å². The van der Waals surface area contributed by atoms with Crippen LogP contribution < -0.4 is 0 Å². The molecule has 0 aliphatic heterocycles. The van der Waals surface area contributed by atoms with Crippen LogP contribution >= 0.6 is 11.3 Å². The topological polar surface area (TPSA) is 25.8 Å². The molecule has 2 aromatic rings. The molecule has 1 atom stereocenters. The lowest BCUT2D eigenvalue weighted by atomic mass is 10.1. The molecule has 0 amide bonds. The molecule has 1 unspecified atom stereocenters. The number of hydrogen-bond donors (Lipinski definition) is 0. The fraction of sp³-hybridized carbons (Fsp3) is 0.333. The maximum absolute atomic E-state index is 13.0. The molecule has 2 heterocycles. The molecule has 0 fully saturated rings. The first-order valence-electron chi connectivity index (χ1n) is 5.44. The Morgan fingerprint density at radius 3 is 2.53 bits per heavy atom. The molecule has 19 heavy (non-hydrogen) atoms. The van der Waals surface area contributed by atoms with Gasteiger partial charge in [0.1, 0.15) is 10.8 Å². The van der Waals surface area contributed by atoms with Crippen LogP contribution in [0.15, 0.2) is 18.5 Å². The predicted octanol–water partition coefficient (Wildman–Crippen LogP) is 4.32. The standard InChI is InChI=1S/C12H10F4N2S/c1-6(12(14,15)16)10-7(2)18-11(19-10)8-3-9(13)5-17-4-8/h3-6H,1-2H3. The lowest BCUT2D eigenvalue weighted by Gasteiger charge is -2.13. The van der Waals surface area contributed by atoms with Crippen LogP contribution in [0, 0.1) is 12.7 Å². The molecule has 2 nitrogen and oxygen atoms in total. The fourth-order valence-corrected chi connectivity index (χ4v) is 2.74. The van der Waals surface area contributed by atoms with Crippen LogP contribution in [0.25, 0.3) is 10.6 Å². The van der Waals surface area contributed by atoms with Crippen LogP contribution in [-0.4, -0.2) is 16.1 Å². The molecule has 0 spiro atoms. The van der Waals surface area contributed by atoms with E-state index in [9.17, 15) is 17.6 Å². The molecule has 0 N–H and O–H groups in total. The van der Waals surface area contributed by atoms with Gasteiger partial charge < -0.3 is 0 Å². The van der Waals surface area contributed by atoms with E-state index in [-0.39, 0.29) is 4.88 Å². The number of aromatic nitrogens is 2. The van der Waals surface area contributed by atoms with Gasteiger partial charge in [-0.05, 0) is 19.9 Å². The Morgan fingerprint density at radius 2 is 1.95 bits per heavy atom. The molecule has 0 saturated carbocycles. The van der Waals surface area contributed by atoms with Crippen molar-refractivity contribution in [1.29, 1.82) is 0 Å². The highest BCUT2D eigenvalue weighted by Gasteiger charge is 2.39. The second-order valence-electron chi connectivity index (χ2n) is 4.12. The van der Waals surface area contributed by atoms with Gasteiger partial charge in [-0.25, -0.2) is 9.37 Å². The Bertz CT molecular complexity index is 592. The number of nitrogens with zero attached hydrogens (tertiary/aromatic N) is 2. The van der Waals surface area contributed by atoms with Crippen molar-refractivity contribution < 1.29 is 17.6 Å². The summed E-state index contributed by atoms with van der Waals surface area (Å²) in [6.07, 6.45) is -1.90. The maximum atomic E-state index is 13.0. The summed E-state index contributed by atoms with van der Waals surface area (Å²) in [5.41, 5.74) is 0.697. The zero-order chi connectivity index (χ0) is 14.2. The van der Waals surface area contributed by atoms with Gasteiger partial charge in [-0.15, -0.1) is 11.3 Å². The number of aryl methyl sites for hydroxylation is 1. The second kappa shape index (κ2) is 4.88. The Hall–Kier alpha value is -1.50. The first-order valence-corrected chi connectivity index (χ1v) is 6.25. The molecule has 0 bridgehead atoms. The van der Waals surface area contributed by atoms with Crippen molar-refractivity contribution >= 4 is 11.3 Å². The van der Waals surface area contributed by atoms with Crippen molar-refractivity contribution in [3.05, 3.63) is 34.8 Å². The van der Waals surface area contributed by atoms with Crippen LogP contribution in [-0.2, 0) is 0 Å². The van der Waals surface area contributed by atoms with Crippen LogP contribution in [0.4, 0.5) is 17.6 Å². The molecule has 0 radical (unpaired) electrons. The third-order valence-corrected chi connectivity index (χ3v) is 4.06. The van der Waals surface area contributed by atoms with Gasteiger partial charge in [0.2, 0.25) is 0 Å². The van der Waals surface area contributed by atoms with Crippen LogP contribution in [0.5, 0.6) is 0 Å². The maximum Gasteiger partial charge on any atom is 0.396 e. The molecule has 0 aliphatic rings. The zero-order valence-electron chi connectivity index (χ0n) is 10.1. The first-order chi connectivity index (χ1) is 8.79. The summed E-state index contributed by atoms with van der Waals surface area (Å²) in [5.74, 6) is -2.13. The zero-order valence-corrected chi connectivity index (χ0v) is 10.9. The van der Waals surface area contributed by atoms with Gasteiger partial charge in [-0.3, -0.25) is 4.98 Å². The SMILES string of the molecule is Cc1nc(-c2cncc(F)c2)sc1C(C)C(F)(F)F. The van der Waals surface area contributed by atoms with E-state index in [0.29, 0.717) is 16.3 Å². The summed E-state index contributed by atoms with van der Waals surface area (Å²) < 4.78 is 51.1. The van der Waals surface area contributed by atoms with E-state index in [2.05, 4.69) is 9.97 Å². The molecule has 102 valence electrons. The number of hydrogen-bond acceptors (Lipinski definition) is 3. The van der Waals surface area contributed by atoms with Crippen molar-refractivity contribution in [3.8, 4) is 10.6 Å². The van der Waals surface area contributed by atoms with E-state index >= 15 is 0 Å². The Morgan fingerprint density at radius 1 is 1.26 bits per heavy atom. The van der Waals surface area contributed by atoms with Crippen molar-refractivity contribution in [2.75, 3.05) is 0 Å². The van der Waals surface area contributed by atoms with Crippen molar-refractivity contribution in [2.45, 2.75) is 25.9 Å². The van der Waals surface area contributed by atoms with E-state index in [1.165, 1.54) is 19.2 Å². The van der Waals surface area contributed by atoms with Gasteiger partial charge in [0.25, 0.3) is 0 Å². The lowest BCUT2D eigenvalue weighted by Crippen LogP contribution is -2.17. The second-order valence-corrected chi connectivity index (χ2v) is 5.15. The number of rotatable bonds is 2. The number of alkyl halides is 3. The molecule has 7 heteroatoms. The van der Waals surface area contributed by atoms with Crippen LogP contribution in [0.1, 0.15) is 23.4 Å². The average molecular weight is 290 g/mol. The van der Waals surface area contributed by atoms with Crippen molar-refractivity contribution in [2.24, 2.45) is 0 Å². The van der Waals surface area contributed by atoms with Crippen molar-refractivity contribution in [1.82, 2.24) is 9.97 Å². The van der Waals surface area contributed by atoms with Crippen molar-refractivity contribution in [3.63, 3.8) is 0 Å². The Balaban J connectivity index is 2.42. The van der Waals surface area contributed by atoms with Gasteiger partial charge in [-0.1, -0.05) is 0 Å². The minimum absolute atomic E-state index is 0.145. The monoisotopic (exact) mass is 290 g/mol. The Labute approximate surface area is 111 Å². The highest BCUT2D eigenvalue weighted by molar-refractivity contribution is 7.15. The summed E-state index contributed by atoms with van der Waals surface area (Å²) >= 11 is 0.918. The predicted molar refractivity (Wildman–Crippen MR) is 64.5 cm³/mol. The van der Waals surface area contributed by atoms with Gasteiger partial charge >= 0.3 is 6.18 Å². The molecule has 0 aromatic carbocycles. The van der Waals surface area contributed by atoms with Gasteiger partial charge in [0.15, 0.2) is 0 Å². The largest absolute Gasteiger partial charge is 0.396 e. The third-order valence-electron chi connectivity index (χ3n) is 2.67. The van der Waals surface area contributed by atoms with E-state index in [1.807, 2.05) is 0 Å². The van der Waals surface area contributed by atoms with Crippen LogP contribution in [0.3, 0.4) is 0 Å². The highest BCUT2D eigenvalue weighted by Crippen LogP contribution is 2.40. The minimum Gasteiger partial charge on any atom is -0.261 e.